The minimum atomic E-state index is -4.11. The first-order valence-corrected chi connectivity index (χ1v) is 7.94. The maximum atomic E-state index is 11.5. The Morgan fingerprint density at radius 1 is 1.25 bits per heavy atom. The van der Waals surface area contributed by atoms with Crippen molar-refractivity contribution < 1.29 is 28.0 Å². The zero-order chi connectivity index (χ0) is 14.8. The minimum Gasteiger partial charge on any atom is -0.449 e. The highest BCUT2D eigenvalue weighted by molar-refractivity contribution is 7.47. The number of rotatable bonds is 9. The van der Waals surface area contributed by atoms with E-state index in [9.17, 15) is 14.3 Å². The Hall–Kier alpha value is -0.910. The second-order valence-electron chi connectivity index (χ2n) is 3.79. The fourth-order valence-corrected chi connectivity index (χ4v) is 2.17. The summed E-state index contributed by atoms with van der Waals surface area (Å²) in [6, 6.07) is 8.75. The normalized spacial score (nSPS) is 13.7. The van der Waals surface area contributed by atoms with E-state index >= 15 is 0 Å². The molecule has 0 amide bonds. The number of alkyl halides is 1. The molecule has 0 fully saturated rings. The van der Waals surface area contributed by atoms with Gasteiger partial charge < -0.3 is 9.63 Å². The maximum Gasteiger partial charge on any atom is 0.472 e. The second-order valence-corrected chi connectivity index (χ2v) is 5.46. The quantitative estimate of drug-likeness (QED) is 0.326. The number of halogens is 1. The van der Waals surface area contributed by atoms with Gasteiger partial charge in [-0.3, -0.25) is 13.8 Å². The summed E-state index contributed by atoms with van der Waals surface area (Å²) in [5.41, 5.74) is 0.760. The van der Waals surface area contributed by atoms with Crippen molar-refractivity contribution >= 4 is 25.4 Å². The molecule has 112 valence electrons. The summed E-state index contributed by atoms with van der Waals surface area (Å²) >= 11 is 5.20. The van der Waals surface area contributed by atoms with Gasteiger partial charge in [0.1, 0.15) is 0 Å². The van der Waals surface area contributed by atoms with Crippen LogP contribution in [0.25, 0.3) is 0 Å². The molecule has 1 aromatic rings. The summed E-state index contributed by atoms with van der Waals surface area (Å²) in [5.74, 6) is -0.485. The molecule has 0 saturated carbocycles. The average molecular weight is 323 g/mol. The van der Waals surface area contributed by atoms with Crippen LogP contribution in [0.2, 0.25) is 0 Å². The zero-order valence-electron chi connectivity index (χ0n) is 10.7. The third-order valence-corrected chi connectivity index (χ3v) is 3.31. The van der Waals surface area contributed by atoms with Gasteiger partial charge in [0.2, 0.25) is 0 Å². The highest BCUT2D eigenvalue weighted by Crippen LogP contribution is 2.44. The van der Waals surface area contributed by atoms with E-state index in [1.807, 2.05) is 6.07 Å². The van der Waals surface area contributed by atoms with E-state index in [1.54, 1.807) is 24.3 Å². The first kappa shape index (κ1) is 17.1. The highest BCUT2D eigenvalue weighted by Gasteiger charge is 2.20. The molecule has 0 radical (unpaired) electrons. The molecule has 6 nitrogen and oxygen atoms in total. The third-order valence-electron chi connectivity index (χ3n) is 2.23. The SMILES string of the molecule is O=C(CCCOP(=O)(O)OCc1ccccc1)OCCl. The Bertz CT molecular complexity index is 453. The number of esters is 1. The summed E-state index contributed by atoms with van der Waals surface area (Å²) in [6.45, 7) is -0.108. The predicted molar refractivity (Wildman–Crippen MR) is 73.1 cm³/mol. The van der Waals surface area contributed by atoms with Crippen LogP contribution in [0.5, 0.6) is 0 Å². The van der Waals surface area contributed by atoms with Crippen LogP contribution in [0.15, 0.2) is 30.3 Å². The Kier molecular flexibility index (Phi) is 7.80. The molecule has 1 unspecified atom stereocenters. The molecule has 1 rings (SSSR count). The number of hydrogen-bond donors (Lipinski definition) is 1. The molecule has 8 heteroatoms. The lowest BCUT2D eigenvalue weighted by atomic mass is 10.2. The van der Waals surface area contributed by atoms with E-state index in [0.717, 1.165) is 5.56 Å². The Morgan fingerprint density at radius 3 is 2.60 bits per heavy atom. The lowest BCUT2D eigenvalue weighted by Crippen LogP contribution is -2.05. The maximum absolute atomic E-state index is 11.5. The molecule has 1 atom stereocenters. The van der Waals surface area contributed by atoms with Crippen molar-refractivity contribution in [2.45, 2.75) is 19.4 Å². The van der Waals surface area contributed by atoms with Gasteiger partial charge in [-0.05, 0) is 12.0 Å². The van der Waals surface area contributed by atoms with Crippen molar-refractivity contribution in [1.29, 1.82) is 0 Å². The van der Waals surface area contributed by atoms with Crippen LogP contribution >= 0.6 is 19.4 Å². The highest BCUT2D eigenvalue weighted by atomic mass is 35.5. The lowest BCUT2D eigenvalue weighted by Gasteiger charge is -2.11. The molecule has 1 aromatic carbocycles. The topological polar surface area (TPSA) is 82.1 Å². The van der Waals surface area contributed by atoms with Gasteiger partial charge in [0.05, 0.1) is 13.2 Å². The van der Waals surface area contributed by atoms with Gasteiger partial charge in [-0.15, -0.1) is 0 Å². The zero-order valence-corrected chi connectivity index (χ0v) is 12.4. The molecule has 1 N–H and O–H groups in total. The van der Waals surface area contributed by atoms with Gasteiger partial charge in [-0.1, -0.05) is 41.9 Å². The molecule has 0 saturated heterocycles. The summed E-state index contributed by atoms with van der Waals surface area (Å²) in [5, 5.41) is 0. The van der Waals surface area contributed by atoms with Crippen molar-refractivity contribution in [3.63, 3.8) is 0 Å². The van der Waals surface area contributed by atoms with Crippen LogP contribution in [-0.2, 0) is 29.8 Å². The number of phosphoric acid groups is 1. The summed E-state index contributed by atoms with van der Waals surface area (Å²) < 4.78 is 25.6. The molecule has 0 aliphatic heterocycles. The smallest absolute Gasteiger partial charge is 0.449 e. The van der Waals surface area contributed by atoms with Crippen molar-refractivity contribution in [3.8, 4) is 0 Å². The van der Waals surface area contributed by atoms with Crippen LogP contribution in [-0.4, -0.2) is 23.5 Å². The van der Waals surface area contributed by atoms with Crippen molar-refractivity contribution in [2.24, 2.45) is 0 Å². The molecule has 0 heterocycles. The van der Waals surface area contributed by atoms with E-state index in [2.05, 4.69) is 4.74 Å². The van der Waals surface area contributed by atoms with Crippen LogP contribution in [0.1, 0.15) is 18.4 Å². The fraction of sp³-hybridized carbons (Fsp3) is 0.417. The largest absolute Gasteiger partial charge is 0.472 e. The molecule has 0 spiro atoms. The van der Waals surface area contributed by atoms with Gasteiger partial charge >= 0.3 is 13.8 Å². The number of hydrogen-bond acceptors (Lipinski definition) is 5. The van der Waals surface area contributed by atoms with E-state index in [-0.39, 0.29) is 32.1 Å². The average Bonchev–Trinajstić information content (AvgIpc) is 2.43. The van der Waals surface area contributed by atoms with Crippen LogP contribution in [0.3, 0.4) is 0 Å². The van der Waals surface area contributed by atoms with Gasteiger partial charge in [0.15, 0.2) is 6.07 Å². The first-order valence-electron chi connectivity index (χ1n) is 5.91. The number of phosphoric ester groups is 1. The fourth-order valence-electron chi connectivity index (χ4n) is 1.30. The van der Waals surface area contributed by atoms with Crippen molar-refractivity contribution in [3.05, 3.63) is 35.9 Å². The molecular weight excluding hydrogens is 307 g/mol. The Labute approximate surface area is 122 Å². The lowest BCUT2D eigenvalue weighted by molar-refractivity contribution is -0.141. The molecule has 0 bridgehead atoms. The van der Waals surface area contributed by atoms with Crippen LogP contribution < -0.4 is 0 Å². The number of carbonyl (C=O) groups is 1. The van der Waals surface area contributed by atoms with Gasteiger partial charge in [-0.25, -0.2) is 4.57 Å². The van der Waals surface area contributed by atoms with E-state index in [0.29, 0.717) is 0 Å². The van der Waals surface area contributed by atoms with E-state index < -0.39 is 13.8 Å². The van der Waals surface area contributed by atoms with Crippen molar-refractivity contribution in [2.75, 3.05) is 12.7 Å². The van der Waals surface area contributed by atoms with E-state index in [4.69, 9.17) is 20.6 Å². The van der Waals surface area contributed by atoms with Gasteiger partial charge in [0, 0.05) is 6.42 Å². The number of benzene rings is 1. The molecular formula is C12H16ClO6P. The first-order chi connectivity index (χ1) is 9.53. The number of ether oxygens (including phenoxy) is 1. The summed E-state index contributed by atoms with van der Waals surface area (Å²) in [7, 11) is -4.11. The molecule has 0 aliphatic rings. The van der Waals surface area contributed by atoms with Gasteiger partial charge in [0.25, 0.3) is 0 Å². The van der Waals surface area contributed by atoms with Crippen LogP contribution in [0, 0.1) is 0 Å². The Balaban J connectivity index is 2.21. The predicted octanol–water partition coefficient (Wildman–Crippen LogP) is 2.84. The molecule has 0 aliphatic carbocycles. The van der Waals surface area contributed by atoms with Crippen LogP contribution in [0.4, 0.5) is 0 Å². The summed E-state index contributed by atoms with van der Waals surface area (Å²) in [6.07, 6.45) is 0.306. The second kappa shape index (κ2) is 9.10. The van der Waals surface area contributed by atoms with E-state index in [1.165, 1.54) is 0 Å². The molecule has 0 aromatic heterocycles. The number of carbonyl (C=O) groups excluding carboxylic acids is 1. The van der Waals surface area contributed by atoms with Gasteiger partial charge in [-0.2, -0.15) is 0 Å². The third kappa shape index (κ3) is 7.62. The minimum absolute atomic E-state index is 0.0249. The summed E-state index contributed by atoms with van der Waals surface area (Å²) in [4.78, 5) is 20.4. The van der Waals surface area contributed by atoms with Crippen molar-refractivity contribution in [1.82, 2.24) is 0 Å². The molecule has 20 heavy (non-hydrogen) atoms. The standard InChI is InChI=1S/C12H16ClO6P/c13-10-17-12(14)7-4-8-18-20(15,16)19-9-11-5-2-1-3-6-11/h1-3,5-6H,4,7-10H2,(H,15,16). The Morgan fingerprint density at radius 2 is 1.95 bits per heavy atom. The monoisotopic (exact) mass is 322 g/mol.